The van der Waals surface area contributed by atoms with E-state index in [1.807, 2.05) is 45.0 Å². The number of aromatic carboxylic acids is 1. The fourth-order valence-corrected chi connectivity index (χ4v) is 6.27. The number of carboxylic acids is 1. The molecule has 0 bridgehead atoms. The van der Waals surface area contributed by atoms with Gasteiger partial charge in [0.15, 0.2) is 4.80 Å². The van der Waals surface area contributed by atoms with Gasteiger partial charge >= 0.3 is 5.97 Å². The summed E-state index contributed by atoms with van der Waals surface area (Å²) in [5, 5.41) is 9.27. The number of aryl methyl sites for hydroxylation is 1. The Morgan fingerprint density at radius 3 is 2.52 bits per heavy atom. The van der Waals surface area contributed by atoms with Crippen molar-refractivity contribution in [2.75, 3.05) is 20.2 Å². The van der Waals surface area contributed by atoms with Crippen molar-refractivity contribution in [1.82, 2.24) is 9.47 Å². The van der Waals surface area contributed by atoms with Crippen LogP contribution in [0.2, 0.25) is 0 Å². The van der Waals surface area contributed by atoms with Crippen LogP contribution >= 0.6 is 11.3 Å². The fourth-order valence-electron chi connectivity index (χ4n) is 5.24. The number of carbonyl (C=O) groups is 2. The summed E-state index contributed by atoms with van der Waals surface area (Å²) in [5.74, 6) is 0.408. The van der Waals surface area contributed by atoms with Crippen molar-refractivity contribution in [3.05, 3.63) is 108 Å². The van der Waals surface area contributed by atoms with Crippen LogP contribution in [0.15, 0.2) is 80.1 Å². The Morgan fingerprint density at radius 2 is 1.86 bits per heavy atom. The van der Waals surface area contributed by atoms with Crippen LogP contribution in [-0.2, 0) is 4.79 Å². The Kier molecular flexibility index (Phi) is 8.00. The Labute approximate surface area is 246 Å². The minimum atomic E-state index is -0.997. The first-order valence-corrected chi connectivity index (χ1v) is 14.4. The van der Waals surface area contributed by atoms with Crippen LogP contribution in [0.1, 0.15) is 54.1 Å². The van der Waals surface area contributed by atoms with Crippen molar-refractivity contribution >= 4 is 29.3 Å². The number of carbonyl (C=O) groups excluding carboxylic acids is 1. The summed E-state index contributed by atoms with van der Waals surface area (Å²) in [4.78, 5) is 46.0. The lowest BCUT2D eigenvalue weighted by Crippen LogP contribution is -2.43. The van der Waals surface area contributed by atoms with E-state index in [4.69, 9.17) is 14.1 Å². The number of hydrogen-bond acceptors (Lipinski definition) is 7. The van der Waals surface area contributed by atoms with Crippen molar-refractivity contribution in [2.24, 2.45) is 4.99 Å². The van der Waals surface area contributed by atoms with E-state index in [9.17, 15) is 19.5 Å². The molecule has 216 valence electrons. The highest BCUT2D eigenvalue weighted by atomic mass is 32.1. The van der Waals surface area contributed by atoms with E-state index < -0.39 is 12.0 Å². The number of rotatable bonds is 8. The second kappa shape index (κ2) is 11.7. The van der Waals surface area contributed by atoms with Crippen molar-refractivity contribution < 1.29 is 23.8 Å². The zero-order chi connectivity index (χ0) is 30.1. The molecule has 1 atom stereocenters. The average molecular weight is 586 g/mol. The largest absolute Gasteiger partial charge is 0.496 e. The zero-order valence-electron chi connectivity index (χ0n) is 24.0. The molecule has 1 amide bonds. The summed E-state index contributed by atoms with van der Waals surface area (Å²) in [6.45, 7) is 8.50. The molecule has 0 saturated heterocycles. The van der Waals surface area contributed by atoms with Gasteiger partial charge in [-0.3, -0.25) is 14.2 Å². The second-order valence-corrected chi connectivity index (χ2v) is 10.8. The molecule has 2 aromatic heterocycles. The number of benzene rings is 2. The predicted octanol–water partition coefficient (Wildman–Crippen LogP) is 4.38. The molecule has 2 aromatic carbocycles. The molecule has 0 aliphatic carbocycles. The van der Waals surface area contributed by atoms with Gasteiger partial charge in [0.05, 0.1) is 28.5 Å². The molecule has 1 aliphatic rings. The number of methoxy groups -OCH3 is 1. The van der Waals surface area contributed by atoms with E-state index in [1.165, 1.54) is 17.4 Å². The second-order valence-electron chi connectivity index (χ2n) is 9.84. The highest BCUT2D eigenvalue weighted by Crippen LogP contribution is 2.36. The number of thiazole rings is 1. The van der Waals surface area contributed by atoms with Crippen LogP contribution in [0.4, 0.5) is 0 Å². The molecule has 0 spiro atoms. The van der Waals surface area contributed by atoms with Gasteiger partial charge in [0.2, 0.25) is 0 Å². The first kappa shape index (κ1) is 28.8. The van der Waals surface area contributed by atoms with Gasteiger partial charge in [-0.25, -0.2) is 9.79 Å². The van der Waals surface area contributed by atoms with Crippen LogP contribution < -0.4 is 19.6 Å². The summed E-state index contributed by atoms with van der Waals surface area (Å²) in [6.07, 6.45) is 1.67. The van der Waals surface area contributed by atoms with Gasteiger partial charge < -0.3 is 19.2 Å². The number of nitrogens with zero attached hydrogens (tertiary/aromatic N) is 3. The highest BCUT2D eigenvalue weighted by molar-refractivity contribution is 7.07. The van der Waals surface area contributed by atoms with Gasteiger partial charge in [-0.1, -0.05) is 35.6 Å². The molecule has 42 heavy (non-hydrogen) atoms. The molecule has 5 rings (SSSR count). The lowest BCUT2D eigenvalue weighted by Gasteiger charge is -2.29. The molecule has 0 unspecified atom stereocenters. The van der Waals surface area contributed by atoms with E-state index in [1.54, 1.807) is 53.8 Å². The van der Waals surface area contributed by atoms with Crippen LogP contribution in [0.5, 0.6) is 5.75 Å². The minimum Gasteiger partial charge on any atom is -0.496 e. The molecular formula is C32H31N3O6S. The highest BCUT2D eigenvalue weighted by Gasteiger charge is 2.35. The predicted molar refractivity (Wildman–Crippen MR) is 161 cm³/mol. The Bertz CT molecular complexity index is 1910. The van der Waals surface area contributed by atoms with Gasteiger partial charge in [0.25, 0.3) is 11.5 Å². The zero-order valence-corrected chi connectivity index (χ0v) is 24.8. The molecular weight excluding hydrogens is 554 g/mol. The lowest BCUT2D eigenvalue weighted by molar-refractivity contribution is -0.127. The molecule has 10 heteroatoms. The normalized spacial score (nSPS) is 14.9. The van der Waals surface area contributed by atoms with E-state index in [2.05, 4.69) is 0 Å². The van der Waals surface area contributed by atoms with Gasteiger partial charge in [0, 0.05) is 30.3 Å². The number of furan rings is 1. The maximum Gasteiger partial charge on any atom is 0.335 e. The first-order chi connectivity index (χ1) is 20.2. The van der Waals surface area contributed by atoms with Crippen molar-refractivity contribution in [3.8, 4) is 17.1 Å². The molecule has 0 saturated carbocycles. The Hall–Kier alpha value is -4.70. The third-order valence-corrected chi connectivity index (χ3v) is 8.36. The first-order valence-electron chi connectivity index (χ1n) is 13.6. The molecule has 0 radical (unpaired) electrons. The molecule has 3 heterocycles. The van der Waals surface area contributed by atoms with Gasteiger partial charge in [0.1, 0.15) is 23.3 Å². The summed E-state index contributed by atoms with van der Waals surface area (Å²) in [5.41, 5.74) is 3.09. The van der Waals surface area contributed by atoms with Crippen molar-refractivity contribution in [3.63, 3.8) is 0 Å². The third-order valence-electron chi connectivity index (χ3n) is 7.38. The van der Waals surface area contributed by atoms with Gasteiger partial charge in [-0.05, 0) is 63.6 Å². The number of allylic oxidation sites excluding steroid dienone is 1. The SMILES string of the molecule is CCN(CC)C(=O)C1=C(C)N=c2s/c(=C/c3ccc(-c4ccc(C(=O)O)cc4C)o3)c(=O)n2[C@@H]1c1ccccc1OC. The van der Waals surface area contributed by atoms with Crippen molar-refractivity contribution in [2.45, 2.75) is 33.7 Å². The number of amides is 1. The maximum absolute atomic E-state index is 14.0. The van der Waals surface area contributed by atoms with E-state index in [-0.39, 0.29) is 17.0 Å². The lowest BCUT2D eigenvalue weighted by atomic mass is 9.94. The standard InChI is InChI=1S/C32H31N3O6S/c1-6-34(7-2)30(37)27-19(4)33-32-35(28(27)23-10-8-9-11-24(23)40-5)29(36)26(42-32)17-21-13-15-25(41-21)22-14-12-20(31(38)39)16-18(22)3/h8-17,28H,6-7H2,1-5H3,(H,38,39)/b26-17+/t28-/m1/s1. The summed E-state index contributed by atoms with van der Waals surface area (Å²) < 4.78 is 13.7. The number of carboxylic acid groups (broad SMARTS) is 1. The number of hydrogen-bond donors (Lipinski definition) is 1. The van der Waals surface area contributed by atoms with Gasteiger partial charge in [-0.2, -0.15) is 0 Å². The number of likely N-dealkylation sites (N-methyl/N-ethyl adjacent to an activating group) is 1. The molecule has 1 aliphatic heterocycles. The Balaban J connectivity index is 1.64. The summed E-state index contributed by atoms with van der Waals surface area (Å²) in [6, 6.07) is 15.0. The number of fused-ring (bicyclic) bond motifs is 1. The smallest absolute Gasteiger partial charge is 0.335 e. The van der Waals surface area contributed by atoms with E-state index >= 15 is 0 Å². The molecule has 9 nitrogen and oxygen atoms in total. The van der Waals surface area contributed by atoms with Crippen molar-refractivity contribution in [1.29, 1.82) is 0 Å². The molecule has 1 N–H and O–H groups in total. The Morgan fingerprint density at radius 1 is 1.12 bits per heavy atom. The van der Waals surface area contributed by atoms with Crippen LogP contribution in [0.25, 0.3) is 17.4 Å². The van der Waals surface area contributed by atoms with Crippen LogP contribution in [0, 0.1) is 6.92 Å². The third kappa shape index (κ3) is 5.09. The van der Waals surface area contributed by atoms with Crippen LogP contribution in [0.3, 0.4) is 0 Å². The van der Waals surface area contributed by atoms with Crippen LogP contribution in [-0.4, -0.2) is 46.6 Å². The number of ether oxygens (including phenoxy) is 1. The molecule has 0 fully saturated rings. The summed E-state index contributed by atoms with van der Waals surface area (Å²) in [7, 11) is 1.57. The fraction of sp³-hybridized carbons (Fsp3) is 0.250. The van der Waals surface area contributed by atoms with E-state index in [0.717, 1.165) is 11.1 Å². The molecule has 4 aromatic rings. The van der Waals surface area contributed by atoms with Gasteiger partial charge in [-0.15, -0.1) is 0 Å². The quantitative estimate of drug-likeness (QED) is 0.328. The van der Waals surface area contributed by atoms with E-state index in [0.29, 0.717) is 56.5 Å². The summed E-state index contributed by atoms with van der Waals surface area (Å²) >= 11 is 1.22. The number of para-hydroxylation sites is 1. The minimum absolute atomic E-state index is 0.175. The number of aromatic nitrogens is 1. The maximum atomic E-state index is 14.0. The average Bonchev–Trinajstić information content (AvgIpc) is 3.56. The monoisotopic (exact) mass is 585 g/mol. The topological polar surface area (TPSA) is 114 Å².